The van der Waals surface area contributed by atoms with Crippen LogP contribution in [0.2, 0.25) is 0 Å². The molecule has 140 valence electrons. The first-order chi connectivity index (χ1) is 12.6. The van der Waals surface area contributed by atoms with Gasteiger partial charge in [-0.25, -0.2) is 4.98 Å². The molecule has 1 amide bonds. The zero-order valence-corrected chi connectivity index (χ0v) is 15.7. The summed E-state index contributed by atoms with van der Waals surface area (Å²) in [6.45, 7) is 7.95. The number of ether oxygens (including phenoxy) is 1. The van der Waals surface area contributed by atoms with Gasteiger partial charge in [-0.15, -0.1) is 0 Å². The predicted molar refractivity (Wildman–Crippen MR) is 96.9 cm³/mol. The molecule has 0 spiro atoms. The summed E-state index contributed by atoms with van der Waals surface area (Å²) in [5.74, 6) is 1.64. The Balaban J connectivity index is 1.44. The van der Waals surface area contributed by atoms with E-state index in [-0.39, 0.29) is 5.91 Å². The van der Waals surface area contributed by atoms with E-state index >= 15 is 0 Å². The highest BCUT2D eigenvalue weighted by atomic mass is 16.5. The molecule has 1 fully saturated rings. The Morgan fingerprint density at radius 1 is 1.23 bits per heavy atom. The summed E-state index contributed by atoms with van der Waals surface area (Å²) in [6, 6.07) is 3.91. The second-order valence-electron chi connectivity index (χ2n) is 6.67. The van der Waals surface area contributed by atoms with Crippen molar-refractivity contribution in [2.75, 3.05) is 33.3 Å². The van der Waals surface area contributed by atoms with E-state index in [0.29, 0.717) is 18.7 Å². The van der Waals surface area contributed by atoms with Gasteiger partial charge >= 0.3 is 0 Å². The van der Waals surface area contributed by atoms with Crippen molar-refractivity contribution in [1.82, 2.24) is 19.9 Å². The standard InChI is InChI=1S/C19H26N4O3/c1-14-17(15(2)26-21-14)5-7-19(24)23-10-8-22(9-11-23)13-16-4-6-18(25-3)20-12-16/h4,6,12H,5,7-11,13H2,1-3H3. The van der Waals surface area contributed by atoms with Gasteiger partial charge in [-0.1, -0.05) is 11.2 Å². The van der Waals surface area contributed by atoms with E-state index in [1.807, 2.05) is 37.1 Å². The lowest BCUT2D eigenvalue weighted by molar-refractivity contribution is -0.133. The second kappa shape index (κ2) is 8.31. The van der Waals surface area contributed by atoms with Crippen LogP contribution < -0.4 is 4.74 Å². The van der Waals surface area contributed by atoms with E-state index in [9.17, 15) is 4.79 Å². The van der Waals surface area contributed by atoms with Crippen molar-refractivity contribution in [2.45, 2.75) is 33.2 Å². The first-order valence-electron chi connectivity index (χ1n) is 8.97. The summed E-state index contributed by atoms with van der Waals surface area (Å²) < 4.78 is 10.2. The molecule has 7 nitrogen and oxygen atoms in total. The first-order valence-corrected chi connectivity index (χ1v) is 8.97. The summed E-state index contributed by atoms with van der Waals surface area (Å²) in [5, 5.41) is 3.95. The summed E-state index contributed by atoms with van der Waals surface area (Å²) in [7, 11) is 1.62. The molecule has 26 heavy (non-hydrogen) atoms. The fraction of sp³-hybridized carbons (Fsp3) is 0.526. The van der Waals surface area contributed by atoms with E-state index < -0.39 is 0 Å². The number of piperazine rings is 1. The minimum absolute atomic E-state index is 0.204. The van der Waals surface area contributed by atoms with Crippen molar-refractivity contribution in [3.63, 3.8) is 0 Å². The largest absolute Gasteiger partial charge is 0.481 e. The maximum absolute atomic E-state index is 12.5. The Morgan fingerprint density at radius 2 is 2.00 bits per heavy atom. The number of carbonyl (C=O) groups is 1. The predicted octanol–water partition coefficient (Wildman–Crippen LogP) is 1.97. The lowest BCUT2D eigenvalue weighted by Crippen LogP contribution is -2.48. The lowest BCUT2D eigenvalue weighted by atomic mass is 10.1. The number of rotatable bonds is 6. The third kappa shape index (κ3) is 4.40. The number of aromatic nitrogens is 2. The smallest absolute Gasteiger partial charge is 0.222 e. The molecule has 0 radical (unpaired) electrons. The van der Waals surface area contributed by atoms with Crippen molar-refractivity contribution in [1.29, 1.82) is 0 Å². The molecular weight excluding hydrogens is 332 g/mol. The number of aryl methyl sites for hydroxylation is 2. The van der Waals surface area contributed by atoms with Gasteiger partial charge in [-0.05, 0) is 25.8 Å². The molecule has 1 aliphatic rings. The Bertz CT molecular complexity index is 714. The summed E-state index contributed by atoms with van der Waals surface area (Å²) in [5.41, 5.74) is 3.10. The molecule has 2 aromatic rings. The molecule has 0 N–H and O–H groups in total. The fourth-order valence-corrected chi connectivity index (χ4v) is 3.29. The molecule has 1 saturated heterocycles. The minimum Gasteiger partial charge on any atom is -0.481 e. The van der Waals surface area contributed by atoms with Gasteiger partial charge < -0.3 is 14.2 Å². The Hall–Kier alpha value is -2.41. The summed E-state index contributed by atoms with van der Waals surface area (Å²) in [4.78, 5) is 21.0. The zero-order chi connectivity index (χ0) is 18.5. The Morgan fingerprint density at radius 3 is 2.58 bits per heavy atom. The van der Waals surface area contributed by atoms with Gasteiger partial charge in [0, 0.05) is 57.0 Å². The van der Waals surface area contributed by atoms with Crippen molar-refractivity contribution < 1.29 is 14.1 Å². The van der Waals surface area contributed by atoms with Gasteiger partial charge in [0.1, 0.15) is 5.76 Å². The zero-order valence-electron chi connectivity index (χ0n) is 15.7. The lowest BCUT2D eigenvalue weighted by Gasteiger charge is -2.34. The SMILES string of the molecule is COc1ccc(CN2CCN(C(=O)CCc3c(C)noc3C)CC2)cn1. The molecule has 0 aliphatic carbocycles. The fourth-order valence-electron chi connectivity index (χ4n) is 3.29. The number of nitrogens with zero attached hydrogens (tertiary/aromatic N) is 4. The second-order valence-corrected chi connectivity index (χ2v) is 6.67. The highest BCUT2D eigenvalue weighted by Gasteiger charge is 2.22. The summed E-state index contributed by atoms with van der Waals surface area (Å²) in [6.07, 6.45) is 3.04. The van der Waals surface area contributed by atoms with Gasteiger partial charge in [-0.3, -0.25) is 9.69 Å². The molecule has 2 aromatic heterocycles. The van der Waals surface area contributed by atoms with Crippen LogP contribution in [0.4, 0.5) is 0 Å². The third-order valence-electron chi connectivity index (χ3n) is 4.91. The van der Waals surface area contributed by atoms with Crippen LogP contribution in [0.5, 0.6) is 5.88 Å². The van der Waals surface area contributed by atoms with Crippen LogP contribution in [0.3, 0.4) is 0 Å². The Kier molecular flexibility index (Phi) is 5.88. The van der Waals surface area contributed by atoms with Gasteiger partial charge in [0.25, 0.3) is 0 Å². The van der Waals surface area contributed by atoms with Crippen LogP contribution in [0, 0.1) is 13.8 Å². The molecule has 1 aliphatic heterocycles. The maximum Gasteiger partial charge on any atom is 0.222 e. The molecule has 0 bridgehead atoms. The average molecular weight is 358 g/mol. The van der Waals surface area contributed by atoms with Crippen molar-refractivity contribution in [3.8, 4) is 5.88 Å². The number of hydrogen-bond donors (Lipinski definition) is 0. The monoisotopic (exact) mass is 358 g/mol. The number of hydrogen-bond acceptors (Lipinski definition) is 6. The number of amides is 1. The summed E-state index contributed by atoms with van der Waals surface area (Å²) >= 11 is 0. The minimum atomic E-state index is 0.204. The van der Waals surface area contributed by atoms with E-state index in [1.54, 1.807) is 7.11 Å². The molecule has 0 unspecified atom stereocenters. The van der Waals surface area contributed by atoms with Crippen LogP contribution in [-0.4, -0.2) is 59.1 Å². The van der Waals surface area contributed by atoms with Crippen LogP contribution in [0.15, 0.2) is 22.9 Å². The molecule has 7 heteroatoms. The molecule has 3 rings (SSSR count). The van der Waals surface area contributed by atoms with E-state index in [4.69, 9.17) is 9.26 Å². The molecule has 0 aromatic carbocycles. The van der Waals surface area contributed by atoms with Crippen LogP contribution in [0.25, 0.3) is 0 Å². The maximum atomic E-state index is 12.5. The molecule has 0 saturated carbocycles. The van der Waals surface area contributed by atoms with E-state index in [1.165, 1.54) is 0 Å². The van der Waals surface area contributed by atoms with Gasteiger partial charge in [0.05, 0.1) is 12.8 Å². The van der Waals surface area contributed by atoms with Gasteiger partial charge in [-0.2, -0.15) is 0 Å². The normalized spacial score (nSPS) is 15.3. The third-order valence-corrected chi connectivity index (χ3v) is 4.91. The van der Waals surface area contributed by atoms with Crippen LogP contribution in [-0.2, 0) is 17.8 Å². The van der Waals surface area contributed by atoms with E-state index in [2.05, 4.69) is 15.0 Å². The van der Waals surface area contributed by atoms with Crippen molar-refractivity contribution >= 4 is 5.91 Å². The van der Waals surface area contributed by atoms with E-state index in [0.717, 1.165) is 55.3 Å². The number of carbonyl (C=O) groups excluding carboxylic acids is 1. The first kappa shape index (κ1) is 18.4. The highest BCUT2D eigenvalue weighted by Crippen LogP contribution is 2.16. The van der Waals surface area contributed by atoms with Crippen LogP contribution in [0.1, 0.15) is 29.0 Å². The van der Waals surface area contributed by atoms with Crippen molar-refractivity contribution in [3.05, 3.63) is 40.9 Å². The van der Waals surface area contributed by atoms with Crippen molar-refractivity contribution in [2.24, 2.45) is 0 Å². The topological polar surface area (TPSA) is 71.7 Å². The molecule has 0 atom stereocenters. The van der Waals surface area contributed by atoms with Gasteiger partial charge in [0.2, 0.25) is 11.8 Å². The molecular formula is C19H26N4O3. The van der Waals surface area contributed by atoms with Crippen LogP contribution >= 0.6 is 0 Å². The highest BCUT2D eigenvalue weighted by molar-refractivity contribution is 5.76. The molecule has 3 heterocycles. The Labute approximate surface area is 153 Å². The number of pyridine rings is 1. The quantitative estimate of drug-likeness (QED) is 0.786. The number of methoxy groups -OCH3 is 1. The van der Waals surface area contributed by atoms with Gasteiger partial charge in [0.15, 0.2) is 0 Å². The average Bonchev–Trinajstić information content (AvgIpc) is 2.99.